The topological polar surface area (TPSA) is 0 Å². The van der Waals surface area contributed by atoms with Crippen molar-refractivity contribution in [3.05, 3.63) is 34.9 Å². The highest BCUT2D eigenvalue weighted by Gasteiger charge is 2.18. The molecule has 0 aliphatic heterocycles. The molecule has 0 saturated heterocycles. The van der Waals surface area contributed by atoms with Gasteiger partial charge in [0.15, 0.2) is 11.6 Å². The lowest BCUT2D eigenvalue weighted by Gasteiger charge is -2.16. The Hall–Kier alpha value is -0.440. The first-order chi connectivity index (χ1) is 6.45. The van der Waals surface area contributed by atoms with Crippen molar-refractivity contribution in [1.82, 2.24) is 0 Å². The highest BCUT2D eigenvalue weighted by Crippen LogP contribution is 2.28. The minimum absolute atomic E-state index is 0.0369. The minimum atomic E-state index is -0.734. The Kier molecular flexibility index (Phi) is 3.65. The van der Waals surface area contributed by atoms with E-state index < -0.39 is 11.6 Å². The fraction of sp³-hybridized carbons (Fsp3) is 0.455. The van der Waals surface area contributed by atoms with E-state index in [2.05, 4.69) is 15.9 Å². The summed E-state index contributed by atoms with van der Waals surface area (Å²) in [6, 6.07) is 3.26. The number of halogens is 3. The van der Waals surface area contributed by atoms with Gasteiger partial charge < -0.3 is 0 Å². The zero-order valence-corrected chi connectivity index (χ0v) is 10.0. The van der Waals surface area contributed by atoms with Crippen molar-refractivity contribution in [3.8, 4) is 0 Å². The third-order valence-corrected chi connectivity index (χ3v) is 3.28. The maximum absolute atomic E-state index is 13.5. The van der Waals surface area contributed by atoms with E-state index in [1.54, 1.807) is 19.1 Å². The van der Waals surface area contributed by atoms with Gasteiger partial charge in [0, 0.05) is 4.83 Å². The molecule has 2 atom stereocenters. The molecule has 0 heterocycles. The van der Waals surface area contributed by atoms with E-state index in [1.807, 2.05) is 13.8 Å². The Morgan fingerprint density at radius 1 is 1.14 bits per heavy atom. The number of rotatable bonds is 2. The van der Waals surface area contributed by atoms with Gasteiger partial charge in [-0.2, -0.15) is 0 Å². The molecule has 0 saturated carbocycles. The molecule has 3 heteroatoms. The predicted octanol–water partition coefficient (Wildman–Crippen LogP) is 4.16. The summed E-state index contributed by atoms with van der Waals surface area (Å²) in [6.45, 7) is 5.35. The molecule has 0 bridgehead atoms. The molecule has 1 aromatic carbocycles. The Balaban J connectivity index is 3.17. The first-order valence-corrected chi connectivity index (χ1v) is 5.45. The standard InChI is InChI=1S/C11H13BrF2/c1-6-4-5-9(7(2)8(3)12)11(14)10(6)13/h4-5,7-8H,1-3H3. The normalized spacial score (nSPS) is 15.3. The molecule has 1 rings (SSSR count). The van der Waals surface area contributed by atoms with Crippen molar-refractivity contribution in [2.45, 2.75) is 31.5 Å². The van der Waals surface area contributed by atoms with Crippen LogP contribution in [0.25, 0.3) is 0 Å². The Morgan fingerprint density at radius 2 is 1.71 bits per heavy atom. The molecular weight excluding hydrogens is 250 g/mol. The van der Waals surface area contributed by atoms with Gasteiger partial charge in [-0.1, -0.05) is 41.9 Å². The summed E-state index contributed by atoms with van der Waals surface area (Å²) in [5.41, 5.74) is 0.776. The lowest BCUT2D eigenvalue weighted by Crippen LogP contribution is -2.08. The van der Waals surface area contributed by atoms with Crippen molar-refractivity contribution < 1.29 is 8.78 Å². The van der Waals surface area contributed by atoms with Crippen LogP contribution in [0, 0.1) is 18.6 Å². The lowest BCUT2D eigenvalue weighted by molar-refractivity contribution is 0.486. The van der Waals surface area contributed by atoms with Crippen LogP contribution in [0.5, 0.6) is 0 Å². The summed E-state index contributed by atoms with van der Waals surface area (Å²) in [5.74, 6) is -1.49. The molecule has 1 aromatic rings. The summed E-state index contributed by atoms with van der Waals surface area (Å²) in [6.07, 6.45) is 0. The number of aryl methyl sites for hydroxylation is 1. The van der Waals surface area contributed by atoms with Gasteiger partial charge in [0.25, 0.3) is 0 Å². The molecule has 2 unspecified atom stereocenters. The molecule has 0 aromatic heterocycles. The number of hydrogen-bond donors (Lipinski definition) is 0. The van der Waals surface area contributed by atoms with Gasteiger partial charge in [-0.15, -0.1) is 0 Å². The monoisotopic (exact) mass is 262 g/mol. The second-order valence-corrected chi connectivity index (χ2v) is 5.01. The van der Waals surface area contributed by atoms with E-state index in [1.165, 1.54) is 0 Å². The summed E-state index contributed by atoms with van der Waals surface area (Å²) in [5, 5.41) is 0. The summed E-state index contributed by atoms with van der Waals surface area (Å²) < 4.78 is 26.7. The van der Waals surface area contributed by atoms with Gasteiger partial charge in [-0.25, -0.2) is 8.78 Å². The fourth-order valence-electron chi connectivity index (χ4n) is 1.26. The van der Waals surface area contributed by atoms with Gasteiger partial charge in [0.05, 0.1) is 0 Å². The molecule has 14 heavy (non-hydrogen) atoms. The van der Waals surface area contributed by atoms with Crippen LogP contribution in [0.15, 0.2) is 12.1 Å². The van der Waals surface area contributed by atoms with Gasteiger partial charge >= 0.3 is 0 Å². The number of hydrogen-bond acceptors (Lipinski definition) is 0. The maximum atomic E-state index is 13.5. The van der Waals surface area contributed by atoms with E-state index in [4.69, 9.17) is 0 Å². The molecule has 0 amide bonds. The SMILES string of the molecule is Cc1ccc(C(C)C(C)Br)c(F)c1F. The second-order valence-electron chi connectivity index (χ2n) is 3.57. The largest absolute Gasteiger partial charge is 0.203 e. The van der Waals surface area contributed by atoms with Crippen LogP contribution in [0.4, 0.5) is 8.78 Å². The van der Waals surface area contributed by atoms with E-state index in [9.17, 15) is 8.78 Å². The molecule has 0 radical (unpaired) electrons. The Bertz CT molecular complexity index is 334. The van der Waals surface area contributed by atoms with Crippen molar-refractivity contribution in [1.29, 1.82) is 0 Å². The lowest BCUT2D eigenvalue weighted by atomic mass is 9.96. The third-order valence-electron chi connectivity index (χ3n) is 2.48. The zero-order chi connectivity index (χ0) is 10.9. The van der Waals surface area contributed by atoms with Gasteiger partial charge in [0.2, 0.25) is 0 Å². The highest BCUT2D eigenvalue weighted by molar-refractivity contribution is 9.09. The molecule has 0 spiro atoms. The maximum Gasteiger partial charge on any atom is 0.162 e. The Morgan fingerprint density at radius 3 is 2.21 bits per heavy atom. The van der Waals surface area contributed by atoms with Crippen LogP contribution < -0.4 is 0 Å². The van der Waals surface area contributed by atoms with Gasteiger partial charge in [0.1, 0.15) is 0 Å². The predicted molar refractivity (Wildman–Crippen MR) is 57.9 cm³/mol. The molecule has 0 fully saturated rings. The zero-order valence-electron chi connectivity index (χ0n) is 8.44. The smallest absolute Gasteiger partial charge is 0.162 e. The summed E-state index contributed by atoms with van der Waals surface area (Å²) in [4.78, 5) is 0.124. The van der Waals surface area contributed by atoms with Crippen LogP contribution in [-0.2, 0) is 0 Å². The first kappa shape index (κ1) is 11.6. The van der Waals surface area contributed by atoms with Crippen molar-refractivity contribution in [2.24, 2.45) is 0 Å². The number of alkyl halides is 1. The van der Waals surface area contributed by atoms with E-state index in [0.29, 0.717) is 11.1 Å². The average molecular weight is 263 g/mol. The van der Waals surface area contributed by atoms with E-state index in [-0.39, 0.29) is 10.7 Å². The molecular formula is C11H13BrF2. The quantitative estimate of drug-likeness (QED) is 0.703. The minimum Gasteiger partial charge on any atom is -0.203 e. The fourth-order valence-corrected chi connectivity index (χ4v) is 1.54. The van der Waals surface area contributed by atoms with Crippen LogP contribution in [0.3, 0.4) is 0 Å². The summed E-state index contributed by atoms with van der Waals surface area (Å²) >= 11 is 3.36. The molecule has 78 valence electrons. The highest BCUT2D eigenvalue weighted by atomic mass is 79.9. The van der Waals surface area contributed by atoms with Crippen LogP contribution >= 0.6 is 15.9 Å². The number of benzene rings is 1. The van der Waals surface area contributed by atoms with Gasteiger partial charge in [-0.05, 0) is 24.0 Å². The molecule has 0 nitrogen and oxygen atoms in total. The first-order valence-electron chi connectivity index (χ1n) is 4.53. The molecule has 0 N–H and O–H groups in total. The van der Waals surface area contributed by atoms with Crippen LogP contribution in [-0.4, -0.2) is 4.83 Å². The van der Waals surface area contributed by atoms with Crippen molar-refractivity contribution in [3.63, 3.8) is 0 Å². The average Bonchev–Trinajstić information content (AvgIpc) is 2.13. The van der Waals surface area contributed by atoms with Crippen LogP contribution in [0.2, 0.25) is 0 Å². The van der Waals surface area contributed by atoms with E-state index >= 15 is 0 Å². The second kappa shape index (κ2) is 4.39. The van der Waals surface area contributed by atoms with Crippen LogP contribution in [0.1, 0.15) is 30.9 Å². The third kappa shape index (κ3) is 2.14. The van der Waals surface area contributed by atoms with Gasteiger partial charge in [-0.3, -0.25) is 0 Å². The van der Waals surface area contributed by atoms with Crippen molar-refractivity contribution >= 4 is 15.9 Å². The van der Waals surface area contributed by atoms with E-state index in [0.717, 1.165) is 0 Å². The molecule has 0 aliphatic rings. The van der Waals surface area contributed by atoms with Crippen molar-refractivity contribution in [2.75, 3.05) is 0 Å². The Labute approximate surface area is 91.5 Å². The molecule has 0 aliphatic carbocycles. The summed E-state index contributed by atoms with van der Waals surface area (Å²) in [7, 11) is 0.